The van der Waals surface area contributed by atoms with Crippen molar-refractivity contribution >= 4 is 28.3 Å². The van der Waals surface area contributed by atoms with Crippen molar-refractivity contribution in [2.45, 2.75) is 32.7 Å². The largest absolute Gasteiger partial charge is 0.466 e. The molecule has 2 aromatic heterocycles. The maximum atomic E-state index is 12.7. The summed E-state index contributed by atoms with van der Waals surface area (Å²) >= 11 is 1.36. The van der Waals surface area contributed by atoms with Gasteiger partial charge in [0.1, 0.15) is 17.6 Å². The predicted octanol–water partition coefficient (Wildman–Crippen LogP) is 2.60. The van der Waals surface area contributed by atoms with Gasteiger partial charge in [-0.3, -0.25) is 9.59 Å². The summed E-state index contributed by atoms with van der Waals surface area (Å²) in [6.07, 6.45) is 3.12. The number of nitrogens with zero attached hydrogens (tertiary/aromatic N) is 2. The SMILES string of the molecule is Cc1cc(C(=O)N2CCCC2C(=O)Nc2nccs2)c(C)o1. The van der Waals surface area contributed by atoms with Gasteiger partial charge < -0.3 is 14.6 Å². The molecule has 0 bridgehead atoms. The summed E-state index contributed by atoms with van der Waals surface area (Å²) in [5.41, 5.74) is 0.534. The molecule has 7 heteroatoms. The smallest absolute Gasteiger partial charge is 0.258 e. The van der Waals surface area contributed by atoms with E-state index in [2.05, 4.69) is 10.3 Å². The number of amides is 2. The maximum absolute atomic E-state index is 12.7. The van der Waals surface area contributed by atoms with Crippen molar-refractivity contribution in [3.05, 3.63) is 34.7 Å². The van der Waals surface area contributed by atoms with Crippen LogP contribution in [0.4, 0.5) is 5.13 Å². The number of hydrogen-bond donors (Lipinski definition) is 1. The Morgan fingerprint density at radius 1 is 1.45 bits per heavy atom. The number of carbonyl (C=O) groups is 2. The second-order valence-corrected chi connectivity index (χ2v) is 6.20. The molecule has 22 heavy (non-hydrogen) atoms. The Hall–Kier alpha value is -2.15. The zero-order valence-corrected chi connectivity index (χ0v) is 13.3. The molecule has 2 aromatic rings. The molecule has 0 aromatic carbocycles. The van der Waals surface area contributed by atoms with Crippen LogP contribution in [0, 0.1) is 13.8 Å². The first-order valence-electron chi connectivity index (χ1n) is 7.14. The van der Waals surface area contributed by atoms with Crippen LogP contribution in [0.1, 0.15) is 34.7 Å². The number of furan rings is 1. The molecule has 1 atom stereocenters. The number of hydrogen-bond acceptors (Lipinski definition) is 5. The molecule has 0 radical (unpaired) electrons. The average Bonchev–Trinajstić information content (AvgIpc) is 3.18. The lowest BCUT2D eigenvalue weighted by Crippen LogP contribution is -2.43. The van der Waals surface area contributed by atoms with E-state index in [0.717, 1.165) is 6.42 Å². The number of nitrogens with one attached hydrogen (secondary N) is 1. The van der Waals surface area contributed by atoms with Crippen LogP contribution >= 0.6 is 11.3 Å². The molecule has 0 saturated carbocycles. The van der Waals surface area contributed by atoms with Crippen molar-refractivity contribution in [1.29, 1.82) is 0 Å². The van der Waals surface area contributed by atoms with Gasteiger partial charge in [-0.15, -0.1) is 11.3 Å². The summed E-state index contributed by atoms with van der Waals surface area (Å²) in [7, 11) is 0. The Bertz CT molecular complexity index is 693. The van der Waals surface area contributed by atoms with Crippen molar-refractivity contribution in [3.63, 3.8) is 0 Å². The Kier molecular flexibility index (Phi) is 3.98. The van der Waals surface area contributed by atoms with Gasteiger partial charge >= 0.3 is 0 Å². The Labute approximate surface area is 132 Å². The van der Waals surface area contributed by atoms with E-state index in [1.54, 1.807) is 36.4 Å². The Balaban J connectivity index is 1.76. The molecule has 1 aliphatic heterocycles. The second-order valence-electron chi connectivity index (χ2n) is 5.31. The first-order chi connectivity index (χ1) is 10.6. The van der Waals surface area contributed by atoms with Gasteiger partial charge in [-0.25, -0.2) is 4.98 Å². The fourth-order valence-electron chi connectivity index (χ4n) is 2.75. The Morgan fingerprint density at radius 3 is 2.91 bits per heavy atom. The summed E-state index contributed by atoms with van der Waals surface area (Å²) in [4.78, 5) is 30.7. The van der Waals surface area contributed by atoms with Crippen molar-refractivity contribution in [3.8, 4) is 0 Å². The molecule has 0 aliphatic carbocycles. The van der Waals surface area contributed by atoms with Gasteiger partial charge in [-0.2, -0.15) is 0 Å². The fraction of sp³-hybridized carbons (Fsp3) is 0.400. The number of anilines is 1. The van der Waals surface area contributed by atoms with Crippen LogP contribution < -0.4 is 5.32 Å². The minimum absolute atomic E-state index is 0.147. The average molecular weight is 319 g/mol. The zero-order valence-electron chi connectivity index (χ0n) is 12.5. The van der Waals surface area contributed by atoms with E-state index in [9.17, 15) is 9.59 Å². The first kappa shape index (κ1) is 14.8. The van der Waals surface area contributed by atoms with Gasteiger partial charge in [0.15, 0.2) is 5.13 Å². The van der Waals surface area contributed by atoms with Crippen LogP contribution in [0.25, 0.3) is 0 Å². The molecular formula is C15H17N3O3S. The first-order valence-corrected chi connectivity index (χ1v) is 8.02. The third kappa shape index (κ3) is 2.76. The number of aryl methyl sites for hydroxylation is 2. The van der Waals surface area contributed by atoms with Crippen LogP contribution in [-0.4, -0.2) is 34.3 Å². The third-order valence-corrected chi connectivity index (χ3v) is 4.44. The number of aromatic nitrogens is 1. The highest BCUT2D eigenvalue weighted by Gasteiger charge is 2.35. The zero-order chi connectivity index (χ0) is 15.7. The maximum Gasteiger partial charge on any atom is 0.258 e. The van der Waals surface area contributed by atoms with E-state index in [4.69, 9.17) is 4.42 Å². The van der Waals surface area contributed by atoms with Crippen molar-refractivity contribution < 1.29 is 14.0 Å². The van der Waals surface area contributed by atoms with Crippen LogP contribution in [0.3, 0.4) is 0 Å². The normalized spacial score (nSPS) is 17.7. The molecule has 3 rings (SSSR count). The predicted molar refractivity (Wildman–Crippen MR) is 83.0 cm³/mol. The van der Waals surface area contributed by atoms with Crippen LogP contribution in [0.2, 0.25) is 0 Å². The minimum Gasteiger partial charge on any atom is -0.466 e. The van der Waals surface area contributed by atoms with Gasteiger partial charge in [0.25, 0.3) is 5.91 Å². The van der Waals surface area contributed by atoms with Crippen molar-refractivity contribution in [2.24, 2.45) is 0 Å². The molecule has 0 spiro atoms. The summed E-state index contributed by atoms with van der Waals surface area (Å²) in [6.45, 7) is 4.15. The highest BCUT2D eigenvalue weighted by molar-refractivity contribution is 7.13. The lowest BCUT2D eigenvalue weighted by atomic mass is 10.1. The molecule has 116 valence electrons. The van der Waals surface area contributed by atoms with Crippen LogP contribution in [0.5, 0.6) is 0 Å². The molecule has 3 heterocycles. The lowest BCUT2D eigenvalue weighted by Gasteiger charge is -2.23. The van der Waals surface area contributed by atoms with E-state index < -0.39 is 6.04 Å². The monoisotopic (exact) mass is 319 g/mol. The van der Waals surface area contributed by atoms with Gasteiger partial charge in [-0.05, 0) is 32.8 Å². The van der Waals surface area contributed by atoms with Gasteiger partial charge in [0.05, 0.1) is 5.56 Å². The molecule has 1 N–H and O–H groups in total. The fourth-order valence-corrected chi connectivity index (χ4v) is 3.29. The highest BCUT2D eigenvalue weighted by Crippen LogP contribution is 2.24. The van der Waals surface area contributed by atoms with E-state index in [1.807, 2.05) is 0 Å². The van der Waals surface area contributed by atoms with E-state index >= 15 is 0 Å². The molecule has 1 fully saturated rings. The standard InChI is InChI=1S/C15H17N3O3S/c1-9-8-11(10(2)21-9)14(20)18-6-3-4-12(18)13(19)17-15-16-5-7-22-15/h5,7-8,12H,3-4,6H2,1-2H3,(H,16,17,19). The lowest BCUT2D eigenvalue weighted by molar-refractivity contribution is -0.119. The summed E-state index contributed by atoms with van der Waals surface area (Å²) in [6, 6.07) is 1.28. The minimum atomic E-state index is -0.453. The summed E-state index contributed by atoms with van der Waals surface area (Å²) in [5, 5.41) is 5.12. The van der Waals surface area contributed by atoms with Crippen molar-refractivity contribution in [1.82, 2.24) is 9.88 Å². The quantitative estimate of drug-likeness (QED) is 0.943. The number of carbonyl (C=O) groups excluding carboxylic acids is 2. The second kappa shape index (κ2) is 5.92. The molecular weight excluding hydrogens is 302 g/mol. The van der Waals surface area contributed by atoms with Gasteiger partial charge in [0.2, 0.25) is 5.91 Å². The van der Waals surface area contributed by atoms with E-state index in [-0.39, 0.29) is 11.8 Å². The molecule has 2 amide bonds. The highest BCUT2D eigenvalue weighted by atomic mass is 32.1. The number of thiazole rings is 1. The van der Waals surface area contributed by atoms with E-state index in [1.165, 1.54) is 11.3 Å². The molecule has 1 aliphatic rings. The van der Waals surface area contributed by atoms with Crippen molar-refractivity contribution in [2.75, 3.05) is 11.9 Å². The van der Waals surface area contributed by atoms with Gasteiger partial charge in [0, 0.05) is 18.1 Å². The number of likely N-dealkylation sites (tertiary alicyclic amines) is 1. The third-order valence-electron chi connectivity index (χ3n) is 3.75. The van der Waals surface area contributed by atoms with E-state index in [0.29, 0.717) is 35.2 Å². The van der Waals surface area contributed by atoms with Gasteiger partial charge in [-0.1, -0.05) is 0 Å². The number of rotatable bonds is 3. The van der Waals surface area contributed by atoms with Crippen LogP contribution in [-0.2, 0) is 4.79 Å². The summed E-state index contributed by atoms with van der Waals surface area (Å²) in [5.74, 6) is 0.960. The topological polar surface area (TPSA) is 75.4 Å². The molecule has 6 nitrogen and oxygen atoms in total. The Morgan fingerprint density at radius 2 is 2.27 bits per heavy atom. The molecule has 1 unspecified atom stereocenters. The summed E-state index contributed by atoms with van der Waals surface area (Å²) < 4.78 is 5.42. The molecule has 1 saturated heterocycles. The van der Waals surface area contributed by atoms with Crippen LogP contribution in [0.15, 0.2) is 22.1 Å².